The summed E-state index contributed by atoms with van der Waals surface area (Å²) in [7, 11) is 2.83. The highest BCUT2D eigenvalue weighted by Gasteiger charge is 2.10. The molecule has 0 aromatic heterocycles. The number of esters is 1. The lowest BCUT2D eigenvalue weighted by Gasteiger charge is -2.09. The number of amides is 1. The molecule has 1 aromatic carbocycles. The topological polar surface area (TPSA) is 64.6 Å². The quantitative estimate of drug-likeness (QED) is 0.787. The summed E-state index contributed by atoms with van der Waals surface area (Å²) < 4.78 is 9.61. The molecule has 0 unspecified atom stereocenters. The van der Waals surface area contributed by atoms with Crippen molar-refractivity contribution in [3.63, 3.8) is 0 Å². The lowest BCUT2D eigenvalue weighted by Crippen LogP contribution is -2.31. The Labute approximate surface area is 106 Å². The average molecular weight is 251 g/mol. The Balaban J connectivity index is 2.63. The number of hydrogen-bond acceptors (Lipinski definition) is 4. The van der Waals surface area contributed by atoms with Gasteiger partial charge in [-0.2, -0.15) is 0 Å². The molecule has 1 N–H and O–H groups in total. The van der Waals surface area contributed by atoms with Crippen molar-refractivity contribution in [2.75, 3.05) is 20.8 Å². The molecule has 0 atom stereocenters. The van der Waals surface area contributed by atoms with E-state index in [2.05, 4.69) is 10.1 Å². The van der Waals surface area contributed by atoms with Crippen molar-refractivity contribution in [3.8, 4) is 5.75 Å². The fourth-order valence-corrected chi connectivity index (χ4v) is 1.52. The summed E-state index contributed by atoms with van der Waals surface area (Å²) in [5.74, 6) is -0.0577. The molecule has 98 valence electrons. The highest BCUT2D eigenvalue weighted by atomic mass is 16.5. The van der Waals surface area contributed by atoms with Gasteiger partial charge in [-0.15, -0.1) is 0 Å². The summed E-state index contributed by atoms with van der Waals surface area (Å²) in [5.41, 5.74) is 1.84. The molecule has 0 spiro atoms. The normalized spacial score (nSPS) is 9.72. The first kappa shape index (κ1) is 14.0. The lowest BCUT2D eigenvalue weighted by molar-refractivity contribution is -0.141. The van der Waals surface area contributed by atoms with E-state index in [1.165, 1.54) is 7.11 Å². The number of nitrogens with one attached hydrogen (secondary N) is 1. The summed E-state index contributed by atoms with van der Waals surface area (Å²) >= 11 is 0. The molecular formula is C13H17NO4. The van der Waals surface area contributed by atoms with Crippen LogP contribution in [0.4, 0.5) is 0 Å². The van der Waals surface area contributed by atoms with Gasteiger partial charge in [0.25, 0.3) is 0 Å². The van der Waals surface area contributed by atoms with Gasteiger partial charge >= 0.3 is 5.97 Å². The third kappa shape index (κ3) is 4.08. The van der Waals surface area contributed by atoms with Crippen LogP contribution < -0.4 is 10.1 Å². The van der Waals surface area contributed by atoms with Gasteiger partial charge in [-0.3, -0.25) is 9.59 Å². The largest absolute Gasteiger partial charge is 0.496 e. The van der Waals surface area contributed by atoms with Crippen LogP contribution in [0.1, 0.15) is 11.1 Å². The minimum absolute atomic E-state index is 0.122. The molecule has 5 heteroatoms. The SMILES string of the molecule is COC(=O)CNC(=O)Cc1cc(C)ccc1OC. The predicted octanol–water partition coefficient (Wildman–Crippen LogP) is 0.835. The summed E-state index contributed by atoms with van der Waals surface area (Å²) in [6.07, 6.45) is 0.168. The molecule has 0 saturated carbocycles. The van der Waals surface area contributed by atoms with Crippen molar-refractivity contribution in [3.05, 3.63) is 29.3 Å². The van der Waals surface area contributed by atoms with Crippen LogP contribution in [0.15, 0.2) is 18.2 Å². The molecule has 0 aliphatic carbocycles. The fraction of sp³-hybridized carbons (Fsp3) is 0.385. The van der Waals surface area contributed by atoms with E-state index in [1.54, 1.807) is 7.11 Å². The van der Waals surface area contributed by atoms with Gasteiger partial charge in [-0.25, -0.2) is 0 Å². The Morgan fingerprint density at radius 3 is 2.61 bits per heavy atom. The minimum Gasteiger partial charge on any atom is -0.496 e. The standard InChI is InChI=1S/C13H17NO4/c1-9-4-5-11(17-2)10(6-9)7-12(15)14-8-13(16)18-3/h4-6H,7-8H2,1-3H3,(H,14,15). The number of aryl methyl sites for hydroxylation is 1. The Kier molecular flexibility index (Phi) is 5.17. The summed E-state index contributed by atoms with van der Waals surface area (Å²) in [5, 5.41) is 2.48. The Morgan fingerprint density at radius 2 is 2.00 bits per heavy atom. The second kappa shape index (κ2) is 6.64. The number of carbonyl (C=O) groups is 2. The number of benzene rings is 1. The summed E-state index contributed by atoms with van der Waals surface area (Å²) in [4.78, 5) is 22.5. The molecule has 1 amide bonds. The molecule has 0 radical (unpaired) electrons. The van der Waals surface area contributed by atoms with Gasteiger partial charge < -0.3 is 14.8 Å². The van der Waals surface area contributed by atoms with Crippen LogP contribution in [0.2, 0.25) is 0 Å². The maximum absolute atomic E-state index is 11.6. The smallest absolute Gasteiger partial charge is 0.325 e. The first-order valence-electron chi connectivity index (χ1n) is 5.54. The van der Waals surface area contributed by atoms with E-state index in [9.17, 15) is 9.59 Å². The first-order chi connectivity index (χ1) is 8.56. The number of rotatable bonds is 5. The van der Waals surface area contributed by atoms with Crippen molar-refractivity contribution in [1.82, 2.24) is 5.32 Å². The molecule has 0 heterocycles. The molecule has 1 rings (SSSR count). The number of hydrogen-bond donors (Lipinski definition) is 1. The van der Waals surface area contributed by atoms with E-state index < -0.39 is 5.97 Å². The maximum Gasteiger partial charge on any atom is 0.325 e. The number of carbonyl (C=O) groups excluding carboxylic acids is 2. The number of methoxy groups -OCH3 is 2. The van der Waals surface area contributed by atoms with Crippen LogP contribution >= 0.6 is 0 Å². The van der Waals surface area contributed by atoms with E-state index >= 15 is 0 Å². The molecular weight excluding hydrogens is 234 g/mol. The first-order valence-corrected chi connectivity index (χ1v) is 5.54. The van der Waals surface area contributed by atoms with E-state index in [0.29, 0.717) is 5.75 Å². The van der Waals surface area contributed by atoms with Gasteiger partial charge in [0.1, 0.15) is 12.3 Å². The van der Waals surface area contributed by atoms with Crippen molar-refractivity contribution in [2.45, 2.75) is 13.3 Å². The van der Waals surface area contributed by atoms with E-state index in [1.807, 2.05) is 25.1 Å². The molecule has 1 aromatic rings. The number of ether oxygens (including phenoxy) is 2. The van der Waals surface area contributed by atoms with Gasteiger partial charge in [-0.1, -0.05) is 17.7 Å². The highest BCUT2D eigenvalue weighted by molar-refractivity contribution is 5.83. The minimum atomic E-state index is -0.473. The summed E-state index contributed by atoms with van der Waals surface area (Å²) in [6.45, 7) is 1.82. The van der Waals surface area contributed by atoms with E-state index in [4.69, 9.17) is 4.74 Å². The zero-order valence-corrected chi connectivity index (χ0v) is 10.8. The van der Waals surface area contributed by atoms with E-state index in [-0.39, 0.29) is 18.9 Å². The lowest BCUT2D eigenvalue weighted by atomic mass is 10.1. The van der Waals surface area contributed by atoms with Crippen LogP contribution in [-0.2, 0) is 20.7 Å². The molecule has 0 aliphatic heterocycles. The fourth-order valence-electron chi connectivity index (χ4n) is 1.52. The Bertz CT molecular complexity index is 443. The zero-order valence-electron chi connectivity index (χ0n) is 10.8. The van der Waals surface area contributed by atoms with Crippen LogP contribution in [0.25, 0.3) is 0 Å². The van der Waals surface area contributed by atoms with Crippen LogP contribution in [-0.4, -0.2) is 32.6 Å². The van der Waals surface area contributed by atoms with Gasteiger partial charge in [-0.05, 0) is 13.0 Å². The third-order valence-corrected chi connectivity index (χ3v) is 2.44. The van der Waals surface area contributed by atoms with Crippen LogP contribution in [0.3, 0.4) is 0 Å². The Morgan fingerprint density at radius 1 is 1.28 bits per heavy atom. The molecule has 18 heavy (non-hydrogen) atoms. The molecule has 0 fully saturated rings. The monoisotopic (exact) mass is 251 g/mol. The van der Waals surface area contributed by atoms with Gasteiger partial charge in [0.15, 0.2) is 0 Å². The molecule has 0 saturated heterocycles. The van der Waals surface area contributed by atoms with Crippen molar-refractivity contribution >= 4 is 11.9 Å². The van der Waals surface area contributed by atoms with Gasteiger partial charge in [0.2, 0.25) is 5.91 Å². The maximum atomic E-state index is 11.6. The summed E-state index contributed by atoms with van der Waals surface area (Å²) in [6, 6.07) is 5.61. The molecule has 0 bridgehead atoms. The molecule has 5 nitrogen and oxygen atoms in total. The highest BCUT2D eigenvalue weighted by Crippen LogP contribution is 2.19. The zero-order chi connectivity index (χ0) is 13.5. The average Bonchev–Trinajstić information content (AvgIpc) is 2.36. The second-order valence-electron chi connectivity index (χ2n) is 3.84. The van der Waals surface area contributed by atoms with Crippen LogP contribution in [0, 0.1) is 6.92 Å². The van der Waals surface area contributed by atoms with Crippen molar-refractivity contribution in [2.24, 2.45) is 0 Å². The van der Waals surface area contributed by atoms with Crippen molar-refractivity contribution < 1.29 is 19.1 Å². The van der Waals surface area contributed by atoms with Crippen LogP contribution in [0.5, 0.6) is 5.75 Å². The van der Waals surface area contributed by atoms with Gasteiger partial charge in [0, 0.05) is 5.56 Å². The van der Waals surface area contributed by atoms with E-state index in [0.717, 1.165) is 11.1 Å². The second-order valence-corrected chi connectivity index (χ2v) is 3.84. The predicted molar refractivity (Wildman–Crippen MR) is 66.5 cm³/mol. The third-order valence-electron chi connectivity index (χ3n) is 2.44. The molecule has 0 aliphatic rings. The van der Waals surface area contributed by atoms with Gasteiger partial charge in [0.05, 0.1) is 20.6 Å². The van der Waals surface area contributed by atoms with Crippen molar-refractivity contribution in [1.29, 1.82) is 0 Å². The Hall–Kier alpha value is -2.04.